The van der Waals surface area contributed by atoms with E-state index in [1.54, 1.807) is 37.4 Å². The summed E-state index contributed by atoms with van der Waals surface area (Å²) >= 11 is 8.55. The number of thioether (sulfide) groups is 2. The first-order chi connectivity index (χ1) is 19.7. The van der Waals surface area contributed by atoms with Gasteiger partial charge in [0.05, 0.1) is 5.56 Å². The van der Waals surface area contributed by atoms with Crippen molar-refractivity contribution in [1.29, 1.82) is 0 Å². The van der Waals surface area contributed by atoms with Crippen LogP contribution in [0.2, 0.25) is 5.02 Å². The van der Waals surface area contributed by atoms with Gasteiger partial charge in [-0.1, -0.05) is 53.7 Å². The number of hydrogen-bond acceptors (Lipinski definition) is 10. The number of carboxylic acid groups (broad SMARTS) is 1. The molecule has 2 aliphatic heterocycles. The highest BCUT2D eigenvalue weighted by Crippen LogP contribution is 2.41. The van der Waals surface area contributed by atoms with Gasteiger partial charge in [-0.15, -0.1) is 16.9 Å². The first-order valence-corrected chi connectivity index (χ1v) is 14.5. The number of benzene rings is 2. The van der Waals surface area contributed by atoms with Gasteiger partial charge in [0.2, 0.25) is 11.1 Å². The number of amides is 3. The molecular formula is C25H22ClN7O6S2. The molecule has 1 fully saturated rings. The van der Waals surface area contributed by atoms with Gasteiger partial charge in [-0.2, -0.15) is 0 Å². The Morgan fingerprint density at radius 3 is 2.66 bits per heavy atom. The lowest BCUT2D eigenvalue weighted by Gasteiger charge is -2.49. The first kappa shape index (κ1) is 28.4. The molecule has 2 aliphatic rings. The highest BCUT2D eigenvalue weighted by molar-refractivity contribution is 8.01. The van der Waals surface area contributed by atoms with Crippen LogP contribution in [0.15, 0.2) is 65.0 Å². The molecule has 1 saturated heterocycles. The van der Waals surface area contributed by atoms with Crippen LogP contribution in [0.4, 0.5) is 0 Å². The lowest BCUT2D eigenvalue weighted by Crippen LogP contribution is -2.71. The molecule has 0 radical (unpaired) electrons. The summed E-state index contributed by atoms with van der Waals surface area (Å²) < 4.78 is 1.46. The second-order valence-corrected chi connectivity index (χ2v) is 11.5. The number of hydrogen-bond donors (Lipinski definition) is 4. The number of tetrazole rings is 1. The van der Waals surface area contributed by atoms with Crippen LogP contribution < -0.4 is 10.6 Å². The van der Waals surface area contributed by atoms with Gasteiger partial charge in [-0.05, 0) is 39.8 Å². The number of aryl methyl sites for hydroxylation is 1. The molecule has 3 amide bonds. The Morgan fingerprint density at radius 1 is 1.22 bits per heavy atom. The van der Waals surface area contributed by atoms with Crippen LogP contribution in [-0.2, 0) is 21.4 Å². The number of nitrogens with zero attached hydrogens (tertiary/aromatic N) is 5. The highest BCUT2D eigenvalue weighted by Gasteiger charge is 2.54. The lowest BCUT2D eigenvalue weighted by molar-refractivity contribution is -0.151. The van der Waals surface area contributed by atoms with Crippen LogP contribution in [0, 0.1) is 0 Å². The topological polar surface area (TPSA) is 180 Å². The van der Waals surface area contributed by atoms with Crippen molar-refractivity contribution in [3.8, 4) is 5.75 Å². The predicted molar refractivity (Wildman–Crippen MR) is 149 cm³/mol. The predicted octanol–water partition coefficient (Wildman–Crippen LogP) is 1.57. The van der Waals surface area contributed by atoms with E-state index in [2.05, 4.69) is 26.2 Å². The number of nitrogens with one attached hydrogen (secondary N) is 2. The number of carboxylic acids is 1. The summed E-state index contributed by atoms with van der Waals surface area (Å²) in [4.78, 5) is 53.0. The summed E-state index contributed by atoms with van der Waals surface area (Å²) in [5.41, 5.74) is 0.707. The van der Waals surface area contributed by atoms with Crippen molar-refractivity contribution in [3.63, 3.8) is 0 Å². The summed E-state index contributed by atoms with van der Waals surface area (Å²) in [6.07, 6.45) is 0. The highest BCUT2D eigenvalue weighted by atomic mass is 35.5. The maximum atomic E-state index is 13.5. The van der Waals surface area contributed by atoms with E-state index in [1.807, 2.05) is 0 Å². The normalized spacial score (nSPS) is 18.8. The zero-order valence-electron chi connectivity index (χ0n) is 21.2. The number of aromatic hydroxyl groups is 1. The lowest BCUT2D eigenvalue weighted by atomic mass is 10.0. The smallest absolute Gasteiger partial charge is 0.352 e. The molecule has 13 nitrogen and oxygen atoms in total. The fourth-order valence-corrected chi connectivity index (χ4v) is 6.88. The monoisotopic (exact) mass is 615 g/mol. The van der Waals surface area contributed by atoms with E-state index >= 15 is 0 Å². The average molecular weight is 616 g/mol. The van der Waals surface area contributed by atoms with Gasteiger partial charge in [0, 0.05) is 23.6 Å². The zero-order valence-corrected chi connectivity index (χ0v) is 23.6. The fraction of sp³-hybridized carbons (Fsp3) is 0.240. The molecule has 3 aromatic rings. The van der Waals surface area contributed by atoms with E-state index in [0.717, 1.165) is 0 Å². The van der Waals surface area contributed by atoms with Crippen LogP contribution in [0.5, 0.6) is 5.75 Å². The summed E-state index contributed by atoms with van der Waals surface area (Å²) in [6.45, 7) is 0. The van der Waals surface area contributed by atoms with E-state index in [0.29, 0.717) is 22.0 Å². The standard InChI is InChI=1S/C25H22ClN7O6S2/c1-32-25(29-30-31-32)41-11-13-10-40-23-18(22(37)33(23)19(13)24(38)39)28-21(36)17(12-5-3-2-4-6-12)27-20(35)15-9-14(26)7-8-16(15)34/h2-9,17-18,23,34H,10-11H2,1H3,(H,27,35)(H,28,36)(H,38,39)/t17-,18?,23-/m0/s1. The number of β-lactam (4-membered cyclic amide) rings is 1. The van der Waals surface area contributed by atoms with Crippen LogP contribution >= 0.6 is 35.1 Å². The molecule has 41 heavy (non-hydrogen) atoms. The molecular weight excluding hydrogens is 594 g/mol. The average Bonchev–Trinajstić information content (AvgIpc) is 3.38. The number of phenols is 1. The van der Waals surface area contributed by atoms with E-state index in [4.69, 9.17) is 11.6 Å². The van der Waals surface area contributed by atoms with E-state index in [9.17, 15) is 29.4 Å². The van der Waals surface area contributed by atoms with Crippen molar-refractivity contribution in [1.82, 2.24) is 35.7 Å². The van der Waals surface area contributed by atoms with Crippen molar-refractivity contribution >= 4 is 58.8 Å². The van der Waals surface area contributed by atoms with Crippen molar-refractivity contribution in [2.24, 2.45) is 7.05 Å². The summed E-state index contributed by atoms with van der Waals surface area (Å²) in [5, 5.41) is 36.6. The minimum atomic E-state index is -1.25. The Morgan fingerprint density at radius 2 is 1.98 bits per heavy atom. The molecule has 3 atom stereocenters. The van der Waals surface area contributed by atoms with Crippen LogP contribution in [0.1, 0.15) is 22.0 Å². The maximum absolute atomic E-state index is 13.5. The van der Waals surface area contributed by atoms with Crippen molar-refractivity contribution in [2.75, 3.05) is 11.5 Å². The van der Waals surface area contributed by atoms with Crippen LogP contribution in [0.25, 0.3) is 0 Å². The van der Waals surface area contributed by atoms with Crippen LogP contribution in [0.3, 0.4) is 0 Å². The summed E-state index contributed by atoms with van der Waals surface area (Å²) in [5.74, 6) is -3.01. The number of halogens is 1. The largest absolute Gasteiger partial charge is 0.507 e. The zero-order chi connectivity index (χ0) is 29.3. The molecule has 4 N–H and O–H groups in total. The molecule has 1 unspecified atom stereocenters. The van der Waals surface area contributed by atoms with E-state index in [1.165, 1.54) is 51.3 Å². The third-order valence-corrected chi connectivity index (χ3v) is 9.05. The van der Waals surface area contributed by atoms with Crippen LogP contribution in [-0.4, -0.2) is 81.9 Å². The van der Waals surface area contributed by atoms with E-state index < -0.39 is 41.1 Å². The number of rotatable bonds is 9. The van der Waals surface area contributed by atoms with Gasteiger partial charge in [0.1, 0.15) is 28.9 Å². The van der Waals surface area contributed by atoms with Crippen molar-refractivity contribution in [3.05, 3.63) is 76.0 Å². The molecule has 0 spiro atoms. The van der Waals surface area contributed by atoms with Crippen molar-refractivity contribution in [2.45, 2.75) is 22.6 Å². The van der Waals surface area contributed by atoms with Gasteiger partial charge in [-0.3, -0.25) is 19.3 Å². The number of carbonyl (C=O) groups excluding carboxylic acids is 3. The molecule has 212 valence electrons. The SMILES string of the molecule is Cn1nnnc1SCC1=C(C(=O)O)N2C(=O)C(NC(=O)[C@@H](NC(=O)c3cc(Cl)ccc3O)c3ccccc3)[C@@H]2SC1. The molecule has 16 heteroatoms. The second kappa shape index (κ2) is 11.8. The summed E-state index contributed by atoms with van der Waals surface area (Å²) in [7, 11) is 1.66. The quantitative estimate of drug-likeness (QED) is 0.203. The van der Waals surface area contributed by atoms with Crippen molar-refractivity contribution < 1.29 is 29.4 Å². The molecule has 0 aliphatic carbocycles. The molecule has 5 rings (SSSR count). The van der Waals surface area contributed by atoms with Gasteiger partial charge in [-0.25, -0.2) is 9.48 Å². The van der Waals surface area contributed by atoms with E-state index in [-0.39, 0.29) is 27.8 Å². The Hall–Kier alpha value is -4.08. The van der Waals surface area contributed by atoms with Gasteiger partial charge < -0.3 is 20.8 Å². The third kappa shape index (κ3) is 5.73. The second-order valence-electron chi connectivity index (χ2n) is 9.01. The van der Waals surface area contributed by atoms with Gasteiger partial charge in [0.25, 0.3) is 11.8 Å². The first-order valence-electron chi connectivity index (χ1n) is 12.1. The Bertz CT molecular complexity index is 1570. The Labute approximate surface area is 246 Å². The maximum Gasteiger partial charge on any atom is 0.352 e. The van der Waals surface area contributed by atoms with Gasteiger partial charge in [0.15, 0.2) is 0 Å². The number of aliphatic carboxylic acids is 1. The molecule has 0 saturated carbocycles. The Balaban J connectivity index is 1.33. The molecule has 0 bridgehead atoms. The van der Waals surface area contributed by atoms with Gasteiger partial charge >= 0.3 is 5.97 Å². The Kier molecular flexibility index (Phi) is 8.19. The molecule has 3 heterocycles. The fourth-order valence-electron chi connectivity index (χ4n) is 4.37. The number of aromatic nitrogens is 4. The molecule has 2 aromatic carbocycles. The number of fused-ring (bicyclic) bond motifs is 1. The summed E-state index contributed by atoms with van der Waals surface area (Å²) in [6, 6.07) is 10.1. The molecule has 1 aromatic heterocycles. The third-order valence-electron chi connectivity index (χ3n) is 6.38. The minimum Gasteiger partial charge on any atom is -0.507 e. The number of phenolic OH excluding ortho intramolecular Hbond substituents is 1. The minimum absolute atomic E-state index is 0.126. The number of carbonyl (C=O) groups is 4.